The lowest BCUT2D eigenvalue weighted by Gasteiger charge is -2.30. The van der Waals surface area contributed by atoms with Crippen LogP contribution in [0.25, 0.3) is 55.0 Å². The van der Waals surface area contributed by atoms with Crippen molar-refractivity contribution in [3.8, 4) is 22.3 Å². The second kappa shape index (κ2) is 10.1. The van der Waals surface area contributed by atoms with E-state index in [0.29, 0.717) is 5.92 Å². The van der Waals surface area contributed by atoms with Gasteiger partial charge in [0.25, 0.3) is 0 Å². The number of fused-ring (bicyclic) bond motifs is 9. The number of para-hydroxylation sites is 2. The van der Waals surface area contributed by atoms with Gasteiger partial charge >= 0.3 is 0 Å². The molecule has 7 aromatic carbocycles. The summed E-state index contributed by atoms with van der Waals surface area (Å²) in [5, 5.41) is 4.87. The van der Waals surface area contributed by atoms with Gasteiger partial charge < -0.3 is 14.2 Å². The fourth-order valence-corrected chi connectivity index (χ4v) is 8.57. The van der Waals surface area contributed by atoms with Crippen molar-refractivity contribution in [1.29, 1.82) is 0 Å². The fraction of sp³-hybridized carbons (Fsp3) is 0.0435. The second-order valence-electron chi connectivity index (χ2n) is 13.3. The lowest BCUT2D eigenvalue weighted by atomic mass is 9.91. The Kier molecular flexibility index (Phi) is 5.50. The summed E-state index contributed by atoms with van der Waals surface area (Å²) in [5.41, 5.74) is 14.2. The molecule has 0 fully saturated rings. The molecule has 0 bridgehead atoms. The predicted molar refractivity (Wildman–Crippen MR) is 204 cm³/mol. The molecule has 2 heterocycles. The van der Waals surface area contributed by atoms with E-state index in [1.807, 2.05) is 12.1 Å². The third-order valence-corrected chi connectivity index (χ3v) is 10.7. The van der Waals surface area contributed by atoms with Gasteiger partial charge in [-0.15, -0.1) is 0 Å². The second-order valence-corrected chi connectivity index (χ2v) is 13.3. The first-order valence-corrected chi connectivity index (χ1v) is 17.0. The molecule has 0 radical (unpaired) electrons. The summed E-state index contributed by atoms with van der Waals surface area (Å²) in [7, 11) is 0. The molecule has 3 nitrogen and oxygen atoms in total. The van der Waals surface area contributed by atoms with Crippen LogP contribution < -0.4 is 9.80 Å². The third kappa shape index (κ3) is 3.84. The van der Waals surface area contributed by atoms with E-state index in [4.69, 9.17) is 4.42 Å². The van der Waals surface area contributed by atoms with Gasteiger partial charge in [0.05, 0.1) is 6.04 Å². The van der Waals surface area contributed by atoms with Crippen LogP contribution in [0, 0.1) is 0 Å². The molecule has 3 aliphatic rings. The Balaban J connectivity index is 1.07. The number of rotatable bonds is 4. The summed E-state index contributed by atoms with van der Waals surface area (Å²) < 4.78 is 6.24. The molecule has 1 aliphatic heterocycles. The zero-order valence-corrected chi connectivity index (χ0v) is 26.6. The third-order valence-electron chi connectivity index (χ3n) is 10.7. The van der Waals surface area contributed by atoms with E-state index in [9.17, 15) is 0 Å². The van der Waals surface area contributed by atoms with E-state index in [-0.39, 0.29) is 6.04 Å². The van der Waals surface area contributed by atoms with Crippen LogP contribution in [-0.2, 0) is 0 Å². The van der Waals surface area contributed by atoms with Crippen molar-refractivity contribution in [2.75, 3.05) is 9.80 Å². The maximum atomic E-state index is 6.24. The van der Waals surface area contributed by atoms with Gasteiger partial charge in [-0.1, -0.05) is 103 Å². The van der Waals surface area contributed by atoms with Crippen molar-refractivity contribution in [1.82, 2.24) is 0 Å². The summed E-state index contributed by atoms with van der Waals surface area (Å²) in [5.74, 6) is 0.355. The van der Waals surface area contributed by atoms with Crippen LogP contribution in [0.2, 0.25) is 0 Å². The van der Waals surface area contributed by atoms with Crippen LogP contribution in [0.15, 0.2) is 174 Å². The molecule has 0 saturated heterocycles. The zero-order chi connectivity index (χ0) is 32.1. The summed E-state index contributed by atoms with van der Waals surface area (Å²) in [6.07, 6.45) is 9.02. The lowest BCUT2D eigenvalue weighted by molar-refractivity contribution is 0.669. The van der Waals surface area contributed by atoms with E-state index in [1.165, 1.54) is 50.0 Å². The summed E-state index contributed by atoms with van der Waals surface area (Å²) in [6, 6.07) is 53.3. The van der Waals surface area contributed by atoms with E-state index in [2.05, 4.69) is 168 Å². The monoisotopic (exact) mass is 626 g/mol. The topological polar surface area (TPSA) is 19.6 Å². The van der Waals surface area contributed by atoms with E-state index in [0.717, 1.165) is 39.0 Å². The molecule has 230 valence electrons. The molecule has 49 heavy (non-hydrogen) atoms. The molecule has 8 aromatic rings. The van der Waals surface area contributed by atoms with E-state index < -0.39 is 0 Å². The predicted octanol–water partition coefficient (Wildman–Crippen LogP) is 12.6. The maximum absolute atomic E-state index is 6.24. The summed E-state index contributed by atoms with van der Waals surface area (Å²) in [6.45, 7) is 0. The Hall–Kier alpha value is -6.32. The quantitative estimate of drug-likeness (QED) is 0.194. The minimum atomic E-state index is 0.266. The van der Waals surface area contributed by atoms with Crippen molar-refractivity contribution >= 4 is 61.1 Å². The highest BCUT2D eigenvalue weighted by molar-refractivity contribution is 6.16. The standard InChI is InChI=1S/C46H30N2O/c1-4-16-42-35(11-1)36-12-2-5-17-43(36)48(42)31-21-19-30(20-22-31)47(33-24-26-45-41(28-33)37-13-3-6-18-44(37)49-45)32-23-25-34-38-14-7-9-29-10-8-15-39(46(29)38)40(34)27-32/h1-28,35,42H. The van der Waals surface area contributed by atoms with Crippen molar-refractivity contribution in [2.24, 2.45) is 0 Å². The fourth-order valence-electron chi connectivity index (χ4n) is 8.57. The van der Waals surface area contributed by atoms with Crippen molar-refractivity contribution in [2.45, 2.75) is 12.0 Å². The zero-order valence-electron chi connectivity index (χ0n) is 26.6. The molecule has 2 atom stereocenters. The number of benzene rings is 7. The molecule has 3 heteroatoms. The first-order valence-electron chi connectivity index (χ1n) is 17.0. The van der Waals surface area contributed by atoms with Crippen molar-refractivity contribution in [3.63, 3.8) is 0 Å². The number of nitrogens with zero attached hydrogens (tertiary/aromatic N) is 2. The summed E-state index contributed by atoms with van der Waals surface area (Å²) in [4.78, 5) is 4.88. The SMILES string of the molecule is C1=CC2c3ccccc3N(c3ccc(N(c4ccc5c(c4)-c4cccc6cccc-5c46)c4ccc5oc6ccccc6c5c4)cc3)C2C=C1. The van der Waals surface area contributed by atoms with Gasteiger partial charge in [-0.2, -0.15) is 0 Å². The van der Waals surface area contributed by atoms with Crippen LogP contribution in [0.5, 0.6) is 0 Å². The highest BCUT2D eigenvalue weighted by atomic mass is 16.3. The number of hydrogen-bond acceptors (Lipinski definition) is 3. The Morgan fingerprint density at radius 1 is 0.510 bits per heavy atom. The molecular formula is C46H30N2O. The summed E-state index contributed by atoms with van der Waals surface area (Å²) >= 11 is 0. The number of furan rings is 1. The molecule has 11 rings (SSSR count). The van der Waals surface area contributed by atoms with Crippen LogP contribution in [0.4, 0.5) is 28.4 Å². The molecule has 1 aromatic heterocycles. The minimum absolute atomic E-state index is 0.266. The Morgan fingerprint density at radius 3 is 2.12 bits per heavy atom. The first kappa shape index (κ1) is 26.7. The number of allylic oxidation sites excluding steroid dienone is 2. The normalized spacial score (nSPS) is 16.8. The Labute approximate surface area is 284 Å². The molecule has 0 saturated carbocycles. The van der Waals surface area contributed by atoms with Crippen LogP contribution in [-0.4, -0.2) is 6.04 Å². The lowest BCUT2D eigenvalue weighted by Crippen LogP contribution is -2.28. The van der Waals surface area contributed by atoms with Crippen LogP contribution in [0.1, 0.15) is 11.5 Å². The van der Waals surface area contributed by atoms with Gasteiger partial charge in [-0.25, -0.2) is 0 Å². The number of anilines is 5. The van der Waals surface area contributed by atoms with Gasteiger partial charge in [0.15, 0.2) is 0 Å². The molecule has 0 N–H and O–H groups in total. The molecule has 0 amide bonds. The van der Waals surface area contributed by atoms with E-state index >= 15 is 0 Å². The molecule has 0 spiro atoms. The Morgan fingerprint density at radius 2 is 1.22 bits per heavy atom. The van der Waals surface area contributed by atoms with Crippen LogP contribution >= 0.6 is 0 Å². The number of hydrogen-bond donors (Lipinski definition) is 0. The smallest absolute Gasteiger partial charge is 0.135 e. The Bertz CT molecular complexity index is 2690. The van der Waals surface area contributed by atoms with Crippen LogP contribution in [0.3, 0.4) is 0 Å². The highest BCUT2D eigenvalue weighted by Crippen LogP contribution is 2.51. The minimum Gasteiger partial charge on any atom is -0.456 e. The first-order chi connectivity index (χ1) is 24.3. The van der Waals surface area contributed by atoms with E-state index in [1.54, 1.807) is 0 Å². The van der Waals surface area contributed by atoms with Gasteiger partial charge in [0.1, 0.15) is 11.2 Å². The maximum Gasteiger partial charge on any atom is 0.135 e. The molecule has 2 aliphatic carbocycles. The van der Waals surface area contributed by atoms with Crippen molar-refractivity contribution < 1.29 is 4.42 Å². The van der Waals surface area contributed by atoms with Crippen molar-refractivity contribution in [3.05, 3.63) is 175 Å². The van der Waals surface area contributed by atoms with Gasteiger partial charge in [-0.3, -0.25) is 0 Å². The average Bonchev–Trinajstić information content (AvgIpc) is 3.81. The van der Waals surface area contributed by atoms with Gasteiger partial charge in [0, 0.05) is 45.1 Å². The molecule has 2 unspecified atom stereocenters. The van der Waals surface area contributed by atoms with Gasteiger partial charge in [0.2, 0.25) is 0 Å². The highest BCUT2D eigenvalue weighted by Gasteiger charge is 2.37. The molecular weight excluding hydrogens is 597 g/mol. The average molecular weight is 627 g/mol. The largest absolute Gasteiger partial charge is 0.456 e. The van der Waals surface area contributed by atoms with Gasteiger partial charge in [-0.05, 0) is 105 Å².